The van der Waals surface area contributed by atoms with Crippen LogP contribution in [-0.2, 0) is 22.7 Å². The number of nitrogens with zero attached hydrogens (tertiary/aromatic N) is 7. The summed E-state index contributed by atoms with van der Waals surface area (Å²) in [5.74, 6) is 0.502. The average Bonchev–Trinajstić information content (AvgIpc) is 3.70. The molecule has 206 valence electrons. The van der Waals surface area contributed by atoms with Crippen LogP contribution in [0.2, 0.25) is 0 Å². The van der Waals surface area contributed by atoms with Crippen molar-refractivity contribution in [2.24, 2.45) is 5.92 Å². The van der Waals surface area contributed by atoms with Crippen LogP contribution in [-0.4, -0.2) is 95.8 Å². The number of piperazine rings is 1. The van der Waals surface area contributed by atoms with Gasteiger partial charge in [-0.05, 0) is 43.4 Å². The van der Waals surface area contributed by atoms with Gasteiger partial charge in [0.1, 0.15) is 11.7 Å². The number of amides is 2. The summed E-state index contributed by atoms with van der Waals surface area (Å²) in [6, 6.07) is 8.05. The molecule has 4 heterocycles. The molecule has 1 saturated carbocycles. The second-order valence-corrected chi connectivity index (χ2v) is 11.2. The third-order valence-electron chi connectivity index (χ3n) is 8.36. The second kappa shape index (κ2) is 10.2. The number of likely N-dealkylation sites (tertiary alicyclic amines) is 1. The molecule has 0 bridgehead atoms. The number of hydrogen-bond acceptors (Lipinski definition) is 7. The molecule has 11 heteroatoms. The van der Waals surface area contributed by atoms with Crippen molar-refractivity contribution in [1.29, 1.82) is 0 Å². The molecule has 2 saturated heterocycles. The highest BCUT2D eigenvalue weighted by Crippen LogP contribution is 2.33. The van der Waals surface area contributed by atoms with Gasteiger partial charge in [-0.1, -0.05) is 12.1 Å². The van der Waals surface area contributed by atoms with E-state index in [0.717, 1.165) is 51.3 Å². The lowest BCUT2D eigenvalue weighted by Crippen LogP contribution is -2.50. The number of aromatic nitrogens is 4. The molecule has 2 amide bonds. The molecular weight excluding hydrogens is 498 g/mol. The number of carbonyl (C=O) groups excluding carboxylic acids is 2. The third-order valence-corrected chi connectivity index (χ3v) is 8.36. The van der Waals surface area contributed by atoms with Crippen molar-refractivity contribution in [3.63, 3.8) is 0 Å². The number of hydrogen-bond donors (Lipinski definition) is 1. The van der Waals surface area contributed by atoms with E-state index in [0.29, 0.717) is 37.0 Å². The van der Waals surface area contributed by atoms with Crippen molar-refractivity contribution in [3.05, 3.63) is 52.7 Å². The maximum atomic E-state index is 13.3. The first-order valence-electron chi connectivity index (χ1n) is 13.8. The Balaban J connectivity index is 1.12. The topological polar surface area (TPSA) is 117 Å². The molecule has 11 nitrogen and oxygen atoms in total. The minimum atomic E-state index is -1.05. The lowest BCUT2D eigenvalue weighted by molar-refractivity contribution is -0.137. The van der Waals surface area contributed by atoms with Crippen LogP contribution in [0.25, 0.3) is 16.7 Å². The number of fused-ring (bicyclic) bond motifs is 1. The average molecular weight is 534 g/mol. The fourth-order valence-corrected chi connectivity index (χ4v) is 5.68. The zero-order valence-corrected chi connectivity index (χ0v) is 22.3. The van der Waals surface area contributed by atoms with Crippen LogP contribution in [0.4, 0.5) is 0 Å². The van der Waals surface area contributed by atoms with E-state index in [9.17, 15) is 19.5 Å². The molecule has 6 rings (SSSR count). The van der Waals surface area contributed by atoms with Crippen molar-refractivity contribution in [2.45, 2.75) is 51.3 Å². The Kier molecular flexibility index (Phi) is 6.72. The quantitative estimate of drug-likeness (QED) is 0.503. The molecule has 0 atom stereocenters. The maximum absolute atomic E-state index is 13.3. The Bertz CT molecular complexity index is 1430. The van der Waals surface area contributed by atoms with Gasteiger partial charge in [0.15, 0.2) is 5.65 Å². The summed E-state index contributed by atoms with van der Waals surface area (Å²) in [5.41, 5.74) is 1.16. The summed E-state index contributed by atoms with van der Waals surface area (Å²) < 4.78 is 3.12. The summed E-state index contributed by atoms with van der Waals surface area (Å²) >= 11 is 0. The fraction of sp³-hybridized carbons (Fsp3) is 0.536. The molecule has 39 heavy (non-hydrogen) atoms. The van der Waals surface area contributed by atoms with E-state index < -0.39 is 5.60 Å². The van der Waals surface area contributed by atoms with Crippen molar-refractivity contribution in [2.75, 3.05) is 39.3 Å². The Morgan fingerprint density at radius 1 is 1.00 bits per heavy atom. The largest absolute Gasteiger partial charge is 0.388 e. The van der Waals surface area contributed by atoms with Gasteiger partial charge in [-0.3, -0.25) is 23.9 Å². The first kappa shape index (κ1) is 25.7. The number of benzene rings is 1. The first-order chi connectivity index (χ1) is 18.8. The highest BCUT2D eigenvalue weighted by atomic mass is 16.3. The van der Waals surface area contributed by atoms with Crippen LogP contribution in [0, 0.1) is 5.92 Å². The maximum Gasteiger partial charge on any atom is 0.264 e. The normalized spacial score (nSPS) is 19.9. The fourth-order valence-electron chi connectivity index (χ4n) is 5.68. The molecule has 3 aromatic rings. The molecule has 2 aliphatic heterocycles. The van der Waals surface area contributed by atoms with Crippen LogP contribution in [0.1, 0.15) is 38.2 Å². The van der Waals surface area contributed by atoms with Gasteiger partial charge in [-0.15, -0.1) is 0 Å². The number of aliphatic hydroxyl groups is 1. The summed E-state index contributed by atoms with van der Waals surface area (Å²) in [6.45, 7) is 6.81. The third kappa shape index (κ3) is 5.33. The molecule has 0 spiro atoms. The lowest BCUT2D eigenvalue weighted by Gasteiger charge is -2.38. The highest BCUT2D eigenvalue weighted by Gasteiger charge is 2.39. The van der Waals surface area contributed by atoms with Gasteiger partial charge in [0, 0.05) is 58.7 Å². The smallest absolute Gasteiger partial charge is 0.264 e. The van der Waals surface area contributed by atoms with Gasteiger partial charge in [0.25, 0.3) is 5.56 Å². The standard InChI is InChI=1S/C28H35N7O4/c1-20(36)32-14-12-31(13-15-32)17-21-2-6-23(7-3-21)35-25-24(16-30-35)27(38)34(19-29-25)18-28(39)8-10-33(11-9-28)26(37)22-4-5-22/h2-3,6-7,16,19,22,39H,4-5,8-15,17-18H2,1H3. The zero-order chi connectivity index (χ0) is 27.1. The second-order valence-electron chi connectivity index (χ2n) is 11.2. The molecule has 0 unspecified atom stereocenters. The van der Waals surface area contributed by atoms with E-state index in [1.54, 1.807) is 11.6 Å². The Morgan fingerprint density at radius 2 is 1.69 bits per heavy atom. The molecular formula is C28H35N7O4. The van der Waals surface area contributed by atoms with E-state index >= 15 is 0 Å². The number of carbonyl (C=O) groups is 2. The first-order valence-corrected chi connectivity index (χ1v) is 13.8. The highest BCUT2D eigenvalue weighted by molar-refractivity contribution is 5.81. The van der Waals surface area contributed by atoms with E-state index in [1.165, 1.54) is 22.7 Å². The van der Waals surface area contributed by atoms with Crippen molar-refractivity contribution in [3.8, 4) is 5.69 Å². The Morgan fingerprint density at radius 3 is 2.33 bits per heavy atom. The minimum Gasteiger partial charge on any atom is -0.388 e. The summed E-state index contributed by atoms with van der Waals surface area (Å²) in [4.78, 5) is 47.8. The van der Waals surface area contributed by atoms with Crippen LogP contribution in [0.5, 0.6) is 0 Å². The van der Waals surface area contributed by atoms with E-state index in [4.69, 9.17) is 0 Å². The van der Waals surface area contributed by atoms with Gasteiger partial charge >= 0.3 is 0 Å². The molecule has 3 fully saturated rings. The summed E-state index contributed by atoms with van der Waals surface area (Å²) in [6.07, 6.45) is 5.84. The molecule has 2 aromatic heterocycles. The van der Waals surface area contributed by atoms with Crippen molar-refractivity contribution in [1.82, 2.24) is 34.0 Å². The van der Waals surface area contributed by atoms with Gasteiger partial charge in [0.2, 0.25) is 11.8 Å². The predicted molar refractivity (Wildman–Crippen MR) is 144 cm³/mol. The lowest BCUT2D eigenvalue weighted by atomic mass is 9.91. The molecule has 1 aliphatic carbocycles. The van der Waals surface area contributed by atoms with E-state index in [1.807, 2.05) is 21.9 Å². The predicted octanol–water partition coefficient (Wildman–Crippen LogP) is 1.01. The Labute approximate surface area is 226 Å². The monoisotopic (exact) mass is 533 g/mol. The van der Waals surface area contributed by atoms with E-state index in [-0.39, 0.29) is 29.8 Å². The van der Waals surface area contributed by atoms with Gasteiger partial charge in [-0.2, -0.15) is 5.10 Å². The number of rotatable bonds is 6. The van der Waals surface area contributed by atoms with Gasteiger partial charge < -0.3 is 14.9 Å². The van der Waals surface area contributed by atoms with Gasteiger partial charge in [0.05, 0.1) is 24.0 Å². The van der Waals surface area contributed by atoms with Crippen LogP contribution < -0.4 is 5.56 Å². The molecule has 3 aliphatic rings. The van der Waals surface area contributed by atoms with E-state index in [2.05, 4.69) is 27.1 Å². The van der Waals surface area contributed by atoms with Crippen LogP contribution in [0.15, 0.2) is 41.6 Å². The van der Waals surface area contributed by atoms with Crippen LogP contribution >= 0.6 is 0 Å². The summed E-state index contributed by atoms with van der Waals surface area (Å²) in [5, 5.41) is 16.0. The molecule has 1 aromatic carbocycles. The Hall–Kier alpha value is -3.57. The van der Waals surface area contributed by atoms with Crippen LogP contribution in [0.3, 0.4) is 0 Å². The molecule has 1 N–H and O–H groups in total. The van der Waals surface area contributed by atoms with Crippen molar-refractivity contribution >= 4 is 22.8 Å². The SMILES string of the molecule is CC(=O)N1CCN(Cc2ccc(-n3ncc4c(=O)n(CC5(O)CCN(C(=O)C6CC6)CC5)cnc43)cc2)CC1. The van der Waals surface area contributed by atoms with Gasteiger partial charge in [-0.25, -0.2) is 9.67 Å². The minimum absolute atomic E-state index is 0.129. The van der Waals surface area contributed by atoms with Crippen molar-refractivity contribution < 1.29 is 14.7 Å². The zero-order valence-electron chi connectivity index (χ0n) is 22.3. The number of piperidine rings is 1. The summed E-state index contributed by atoms with van der Waals surface area (Å²) in [7, 11) is 0. The molecule has 0 radical (unpaired) electrons.